The van der Waals surface area contributed by atoms with Crippen LogP contribution in [0.2, 0.25) is 0 Å². The van der Waals surface area contributed by atoms with E-state index in [0.29, 0.717) is 0 Å². The summed E-state index contributed by atoms with van der Waals surface area (Å²) in [4.78, 5) is 10.9. The summed E-state index contributed by atoms with van der Waals surface area (Å²) in [6.07, 6.45) is -0.232. The lowest BCUT2D eigenvalue weighted by Crippen LogP contribution is -2.16. The Balaban J connectivity index is 2.93. The molecule has 0 spiro atoms. The molecule has 0 amide bonds. The Morgan fingerprint density at radius 2 is 2.16 bits per heavy atom. The average molecular weight is 295 g/mol. The van der Waals surface area contributed by atoms with Crippen molar-refractivity contribution < 1.29 is 27.8 Å². The zero-order chi connectivity index (χ0) is 14.6. The largest absolute Gasteiger partial charge is 0.508 e. The Bertz CT molecular complexity index is 465. The van der Waals surface area contributed by atoms with Crippen LogP contribution in [0.3, 0.4) is 0 Å². The van der Waals surface area contributed by atoms with Crippen molar-refractivity contribution in [3.05, 3.63) is 23.8 Å². The van der Waals surface area contributed by atoms with Crippen molar-refractivity contribution in [2.45, 2.75) is 22.9 Å². The normalized spacial score (nSPS) is 13.1. The number of carbonyl (C=O) groups is 1. The first-order valence-corrected chi connectivity index (χ1v) is 5.95. The minimum Gasteiger partial charge on any atom is -0.508 e. The van der Waals surface area contributed by atoms with Gasteiger partial charge in [0.15, 0.2) is 0 Å². The van der Waals surface area contributed by atoms with E-state index in [1.807, 2.05) is 0 Å². The molecule has 8 heteroatoms. The molecule has 0 radical (unpaired) electrons. The number of ether oxygens (including phenoxy) is 1. The number of alkyl halides is 3. The first-order chi connectivity index (χ1) is 8.73. The number of nitrogens with two attached hydrogens (primary N) is 1. The van der Waals surface area contributed by atoms with E-state index in [9.17, 15) is 23.1 Å². The van der Waals surface area contributed by atoms with Crippen molar-refractivity contribution in [3.8, 4) is 5.75 Å². The van der Waals surface area contributed by atoms with Crippen molar-refractivity contribution in [2.24, 2.45) is 5.73 Å². The van der Waals surface area contributed by atoms with Gasteiger partial charge in [-0.15, -0.1) is 0 Å². The van der Waals surface area contributed by atoms with E-state index in [-0.39, 0.29) is 34.4 Å². The summed E-state index contributed by atoms with van der Waals surface area (Å²) in [7, 11) is 1.17. The topological polar surface area (TPSA) is 72.5 Å². The molecule has 0 aliphatic rings. The van der Waals surface area contributed by atoms with Crippen molar-refractivity contribution in [1.29, 1.82) is 0 Å². The second kappa shape index (κ2) is 6.16. The van der Waals surface area contributed by atoms with E-state index in [4.69, 9.17) is 5.73 Å². The van der Waals surface area contributed by atoms with Gasteiger partial charge in [-0.3, -0.25) is 4.79 Å². The Hall–Kier alpha value is -1.41. The summed E-state index contributed by atoms with van der Waals surface area (Å²) in [5.41, 5.74) is 1.29. The van der Waals surface area contributed by atoms with Crippen molar-refractivity contribution in [1.82, 2.24) is 0 Å². The maximum absolute atomic E-state index is 12.2. The van der Waals surface area contributed by atoms with Crippen LogP contribution in [0.25, 0.3) is 0 Å². The van der Waals surface area contributed by atoms with E-state index in [1.54, 1.807) is 0 Å². The van der Waals surface area contributed by atoms with Gasteiger partial charge >= 0.3 is 11.5 Å². The number of aromatic hydroxyl groups is 1. The minimum absolute atomic E-state index is 0.0691. The fraction of sp³-hybridized carbons (Fsp3) is 0.364. The maximum atomic E-state index is 12.2. The third-order valence-electron chi connectivity index (χ3n) is 2.25. The standard InChI is InChI=1S/C11H12F3NO3S/c1-18-10(17)5-8(15)7-4-6(2-3-9(7)16)19-11(12,13)14/h2-4,8,16H,5,15H2,1H3/t8-/m1/s1. The first-order valence-electron chi connectivity index (χ1n) is 5.14. The molecular weight excluding hydrogens is 283 g/mol. The van der Waals surface area contributed by atoms with Gasteiger partial charge in [-0.2, -0.15) is 13.2 Å². The zero-order valence-corrected chi connectivity index (χ0v) is 10.7. The molecule has 0 saturated heterocycles. The smallest absolute Gasteiger partial charge is 0.446 e. The minimum atomic E-state index is -4.43. The summed E-state index contributed by atoms with van der Waals surface area (Å²) < 4.78 is 41.1. The van der Waals surface area contributed by atoms with Crippen LogP contribution in [-0.2, 0) is 9.53 Å². The highest BCUT2D eigenvalue weighted by Gasteiger charge is 2.29. The fourth-order valence-electron chi connectivity index (χ4n) is 1.40. The number of thioether (sulfide) groups is 1. The number of hydrogen-bond acceptors (Lipinski definition) is 5. The van der Waals surface area contributed by atoms with Crippen LogP contribution >= 0.6 is 11.8 Å². The monoisotopic (exact) mass is 295 g/mol. The van der Waals surface area contributed by atoms with Crippen LogP contribution in [0.5, 0.6) is 5.75 Å². The van der Waals surface area contributed by atoms with Crippen LogP contribution in [0, 0.1) is 0 Å². The van der Waals surface area contributed by atoms with Gasteiger partial charge in [-0.05, 0) is 30.0 Å². The molecule has 0 aliphatic carbocycles. The summed E-state index contributed by atoms with van der Waals surface area (Å²) in [5, 5.41) is 9.57. The zero-order valence-electron chi connectivity index (χ0n) is 9.90. The van der Waals surface area contributed by atoms with E-state index in [0.717, 1.165) is 18.2 Å². The van der Waals surface area contributed by atoms with Crippen molar-refractivity contribution >= 4 is 17.7 Å². The van der Waals surface area contributed by atoms with Crippen molar-refractivity contribution in [2.75, 3.05) is 7.11 Å². The molecule has 1 rings (SSSR count). The van der Waals surface area contributed by atoms with Gasteiger partial charge in [0.05, 0.1) is 13.5 Å². The Kier molecular flexibility index (Phi) is 5.07. The van der Waals surface area contributed by atoms with Crippen LogP contribution in [0.4, 0.5) is 13.2 Å². The van der Waals surface area contributed by atoms with E-state index < -0.39 is 17.5 Å². The van der Waals surface area contributed by atoms with Gasteiger partial charge < -0.3 is 15.6 Å². The number of rotatable bonds is 4. The van der Waals surface area contributed by atoms with E-state index in [1.165, 1.54) is 7.11 Å². The Labute approximate surface area is 111 Å². The van der Waals surface area contributed by atoms with E-state index in [2.05, 4.69) is 4.74 Å². The molecule has 0 saturated carbocycles. The highest BCUT2D eigenvalue weighted by molar-refractivity contribution is 8.00. The fourth-order valence-corrected chi connectivity index (χ4v) is 1.99. The molecule has 4 nitrogen and oxygen atoms in total. The number of phenolic OH excluding ortho intramolecular Hbond substituents is 1. The number of phenols is 1. The van der Waals surface area contributed by atoms with Crippen LogP contribution < -0.4 is 5.73 Å². The lowest BCUT2D eigenvalue weighted by molar-refractivity contribution is -0.141. The number of halogens is 3. The lowest BCUT2D eigenvalue weighted by Gasteiger charge is -2.14. The van der Waals surface area contributed by atoms with Gasteiger partial charge in [-0.1, -0.05) is 0 Å². The molecule has 1 aromatic rings. The maximum Gasteiger partial charge on any atom is 0.446 e. The predicted octanol–water partition coefficient (Wildman–Crippen LogP) is 2.57. The first kappa shape index (κ1) is 15.6. The Morgan fingerprint density at radius 3 is 2.68 bits per heavy atom. The summed E-state index contributed by atoms with van der Waals surface area (Å²) in [6.45, 7) is 0. The quantitative estimate of drug-likeness (QED) is 0.660. The molecule has 0 heterocycles. The molecule has 0 unspecified atom stereocenters. The Morgan fingerprint density at radius 1 is 1.53 bits per heavy atom. The van der Waals surface area contributed by atoms with Crippen molar-refractivity contribution in [3.63, 3.8) is 0 Å². The highest BCUT2D eigenvalue weighted by atomic mass is 32.2. The molecule has 3 N–H and O–H groups in total. The predicted molar refractivity (Wildman–Crippen MR) is 63.6 cm³/mol. The number of carbonyl (C=O) groups excluding carboxylic acids is 1. The molecule has 1 aromatic carbocycles. The number of esters is 1. The molecule has 0 fully saturated rings. The number of hydrogen-bond donors (Lipinski definition) is 2. The summed E-state index contributed by atoms with van der Waals surface area (Å²) in [6, 6.07) is 2.42. The van der Waals surface area contributed by atoms with Crippen LogP contribution in [0.15, 0.2) is 23.1 Å². The third-order valence-corrected chi connectivity index (χ3v) is 2.97. The summed E-state index contributed by atoms with van der Waals surface area (Å²) in [5.74, 6) is -0.872. The van der Waals surface area contributed by atoms with Gasteiger partial charge in [0.25, 0.3) is 0 Å². The second-order valence-corrected chi connectivity index (χ2v) is 4.79. The molecule has 1 atom stereocenters. The van der Waals surface area contributed by atoms with Gasteiger partial charge in [-0.25, -0.2) is 0 Å². The SMILES string of the molecule is COC(=O)C[C@@H](N)c1cc(SC(F)(F)F)ccc1O. The number of benzene rings is 1. The number of methoxy groups -OCH3 is 1. The van der Waals surface area contributed by atoms with Gasteiger partial charge in [0.2, 0.25) is 0 Å². The molecule has 19 heavy (non-hydrogen) atoms. The molecule has 0 bridgehead atoms. The molecule has 0 aliphatic heterocycles. The summed E-state index contributed by atoms with van der Waals surface area (Å²) >= 11 is -0.317. The third kappa shape index (κ3) is 4.99. The lowest BCUT2D eigenvalue weighted by atomic mass is 10.0. The molecule has 106 valence electrons. The molecular formula is C11H12F3NO3S. The highest BCUT2D eigenvalue weighted by Crippen LogP contribution is 2.39. The van der Waals surface area contributed by atoms with Crippen LogP contribution in [-0.4, -0.2) is 23.7 Å². The van der Waals surface area contributed by atoms with Gasteiger partial charge in [0, 0.05) is 16.5 Å². The second-order valence-electron chi connectivity index (χ2n) is 3.66. The van der Waals surface area contributed by atoms with Crippen LogP contribution in [0.1, 0.15) is 18.0 Å². The van der Waals surface area contributed by atoms with Gasteiger partial charge in [0.1, 0.15) is 5.75 Å². The molecule has 0 aromatic heterocycles. The average Bonchev–Trinajstić information content (AvgIpc) is 2.29. The van der Waals surface area contributed by atoms with E-state index >= 15 is 0 Å².